The van der Waals surface area contributed by atoms with Gasteiger partial charge in [-0.3, -0.25) is 10.1 Å². The Balaban J connectivity index is 1.25. The minimum atomic E-state index is -0.321. The van der Waals surface area contributed by atoms with Crippen molar-refractivity contribution >= 4 is 35.0 Å². The second-order valence-corrected chi connectivity index (χ2v) is 12.0. The second kappa shape index (κ2) is 11.6. The largest absolute Gasteiger partial charge is 0.337 e. The second-order valence-electron chi connectivity index (χ2n) is 11.4. The van der Waals surface area contributed by atoms with Crippen LogP contribution in [0.25, 0.3) is 5.69 Å². The molecule has 2 aromatic carbocycles. The first-order chi connectivity index (χ1) is 19.2. The zero-order valence-corrected chi connectivity index (χ0v) is 24.2. The van der Waals surface area contributed by atoms with E-state index in [-0.39, 0.29) is 17.4 Å². The number of rotatable bonds is 6. The van der Waals surface area contributed by atoms with Gasteiger partial charge in [-0.15, -0.1) is 5.10 Å². The van der Waals surface area contributed by atoms with E-state index in [0.29, 0.717) is 30.5 Å². The van der Waals surface area contributed by atoms with Crippen LogP contribution in [0.4, 0.5) is 16.3 Å². The first-order valence-corrected chi connectivity index (χ1v) is 14.4. The molecule has 0 saturated carbocycles. The van der Waals surface area contributed by atoms with Crippen molar-refractivity contribution < 1.29 is 9.59 Å². The molecular weight excluding hydrogens is 522 g/mol. The highest BCUT2D eigenvalue weighted by Crippen LogP contribution is 2.28. The van der Waals surface area contributed by atoms with Crippen molar-refractivity contribution in [2.75, 3.05) is 23.7 Å². The third kappa shape index (κ3) is 6.39. The first-order valence-electron chi connectivity index (χ1n) is 13.6. The van der Waals surface area contributed by atoms with Gasteiger partial charge in [0.15, 0.2) is 5.69 Å². The quantitative estimate of drug-likeness (QED) is 0.299. The van der Waals surface area contributed by atoms with Crippen LogP contribution in [-0.4, -0.2) is 49.3 Å². The molecule has 0 bridgehead atoms. The number of urea groups is 1. The van der Waals surface area contributed by atoms with Gasteiger partial charge in [0, 0.05) is 35.6 Å². The molecule has 0 radical (unpaired) electrons. The predicted molar refractivity (Wildman–Crippen MR) is 158 cm³/mol. The zero-order chi connectivity index (χ0) is 28.3. The number of carbonyl (C=O) groups is 2. The standard InChI is InChI=1S/C30H35N7O2S/c1-20-9-11-23(12-10-20)37-27(18-26(34-37)30(2,3)4)32-29(39)31-24-8-6-5-7-22(24)17-21-13-15-36(16-14-21)28(38)25-19-40-35-33-25/h5-12,18-19,21H,13-17H2,1-4H3,(H2,31,32,39). The molecule has 1 saturated heterocycles. The maximum absolute atomic E-state index is 13.2. The summed E-state index contributed by atoms with van der Waals surface area (Å²) in [4.78, 5) is 27.7. The van der Waals surface area contributed by atoms with Gasteiger partial charge in [-0.2, -0.15) is 5.10 Å². The normalized spacial score (nSPS) is 14.2. The molecule has 3 amide bonds. The topological polar surface area (TPSA) is 105 Å². The van der Waals surface area contributed by atoms with Crippen molar-refractivity contribution in [2.45, 2.75) is 52.4 Å². The molecule has 0 spiro atoms. The first kappa shape index (κ1) is 27.5. The van der Waals surface area contributed by atoms with E-state index in [1.165, 1.54) is 11.5 Å². The number of amides is 3. The molecule has 2 aromatic heterocycles. The Labute approximate surface area is 238 Å². The minimum Gasteiger partial charge on any atom is -0.337 e. The van der Waals surface area contributed by atoms with Gasteiger partial charge in [-0.05, 0) is 67.4 Å². The van der Waals surface area contributed by atoms with Gasteiger partial charge < -0.3 is 10.2 Å². The number of piperidine rings is 1. The monoisotopic (exact) mass is 557 g/mol. The highest BCUT2D eigenvalue weighted by molar-refractivity contribution is 7.03. The van der Waals surface area contributed by atoms with Gasteiger partial charge >= 0.3 is 6.03 Å². The number of nitrogens with zero attached hydrogens (tertiary/aromatic N) is 5. The SMILES string of the molecule is Cc1ccc(-n2nc(C(C)(C)C)cc2NC(=O)Nc2ccccc2CC2CCN(C(=O)c3csnn3)CC2)cc1. The molecule has 1 aliphatic rings. The van der Waals surface area contributed by atoms with Gasteiger partial charge in [0.05, 0.1) is 11.4 Å². The number of carbonyl (C=O) groups excluding carboxylic acids is 2. The van der Waals surface area contributed by atoms with Gasteiger partial charge in [-0.1, -0.05) is 61.2 Å². The van der Waals surface area contributed by atoms with Crippen molar-refractivity contribution in [3.63, 3.8) is 0 Å². The maximum atomic E-state index is 13.2. The number of benzene rings is 2. The highest BCUT2D eigenvalue weighted by atomic mass is 32.1. The lowest BCUT2D eigenvalue weighted by molar-refractivity contribution is 0.0684. The summed E-state index contributed by atoms with van der Waals surface area (Å²) in [6, 6.07) is 17.6. The summed E-state index contributed by atoms with van der Waals surface area (Å²) in [6.45, 7) is 9.73. The van der Waals surface area contributed by atoms with Crippen LogP contribution in [0, 0.1) is 12.8 Å². The van der Waals surface area contributed by atoms with E-state index in [1.54, 1.807) is 10.1 Å². The fourth-order valence-electron chi connectivity index (χ4n) is 4.88. The average Bonchev–Trinajstić information content (AvgIpc) is 3.61. The summed E-state index contributed by atoms with van der Waals surface area (Å²) >= 11 is 1.19. The molecule has 3 heterocycles. The maximum Gasteiger partial charge on any atom is 0.324 e. The van der Waals surface area contributed by atoms with Crippen molar-refractivity contribution in [1.29, 1.82) is 0 Å². The van der Waals surface area contributed by atoms with Crippen LogP contribution >= 0.6 is 11.5 Å². The van der Waals surface area contributed by atoms with Crippen molar-refractivity contribution in [3.8, 4) is 5.69 Å². The van der Waals surface area contributed by atoms with Crippen LogP contribution in [0.5, 0.6) is 0 Å². The molecule has 10 heteroatoms. The Hall–Kier alpha value is -4.05. The third-order valence-corrected chi connectivity index (χ3v) is 7.76. The molecule has 208 valence electrons. The zero-order valence-electron chi connectivity index (χ0n) is 23.3. The van der Waals surface area contributed by atoms with Crippen LogP contribution in [0.3, 0.4) is 0 Å². The van der Waals surface area contributed by atoms with E-state index < -0.39 is 0 Å². The number of anilines is 2. The molecule has 4 aromatic rings. The number of hydrogen-bond donors (Lipinski definition) is 2. The molecular formula is C30H35N7O2S. The molecule has 1 fully saturated rings. The molecule has 9 nitrogen and oxygen atoms in total. The van der Waals surface area contributed by atoms with Gasteiger partial charge in [0.1, 0.15) is 5.82 Å². The lowest BCUT2D eigenvalue weighted by atomic mass is 9.89. The number of nitrogens with one attached hydrogen (secondary N) is 2. The summed E-state index contributed by atoms with van der Waals surface area (Å²) < 4.78 is 5.58. The molecule has 2 N–H and O–H groups in total. The van der Waals surface area contributed by atoms with E-state index in [9.17, 15) is 9.59 Å². The fraction of sp³-hybridized carbons (Fsp3) is 0.367. The van der Waals surface area contributed by atoms with Gasteiger partial charge in [-0.25, -0.2) is 9.48 Å². The number of aromatic nitrogens is 4. The van der Waals surface area contributed by atoms with Crippen molar-refractivity contribution in [2.24, 2.45) is 5.92 Å². The Morgan fingerprint density at radius 3 is 2.42 bits per heavy atom. The van der Waals surface area contributed by atoms with Crippen molar-refractivity contribution in [1.82, 2.24) is 24.3 Å². The van der Waals surface area contributed by atoms with Crippen LogP contribution in [0.15, 0.2) is 60.0 Å². The van der Waals surface area contributed by atoms with Crippen molar-refractivity contribution in [3.05, 3.63) is 82.5 Å². The predicted octanol–water partition coefficient (Wildman–Crippen LogP) is 6.07. The fourth-order valence-corrected chi connectivity index (χ4v) is 5.31. The summed E-state index contributed by atoms with van der Waals surface area (Å²) in [6.07, 6.45) is 2.62. The van der Waals surface area contributed by atoms with E-state index >= 15 is 0 Å². The summed E-state index contributed by atoms with van der Waals surface area (Å²) in [5, 5.41) is 16.5. The van der Waals surface area contributed by atoms with Crippen LogP contribution in [0.1, 0.15) is 60.9 Å². The van der Waals surface area contributed by atoms with E-state index in [4.69, 9.17) is 5.10 Å². The average molecular weight is 558 g/mol. The van der Waals surface area contributed by atoms with Gasteiger partial charge in [0.2, 0.25) is 0 Å². The Kier molecular flexibility index (Phi) is 7.97. The summed E-state index contributed by atoms with van der Waals surface area (Å²) in [7, 11) is 0. The number of hydrogen-bond acceptors (Lipinski definition) is 6. The number of likely N-dealkylation sites (tertiary alicyclic amines) is 1. The van der Waals surface area contributed by atoms with E-state index in [2.05, 4.69) is 47.1 Å². The van der Waals surface area contributed by atoms with Crippen LogP contribution in [0.2, 0.25) is 0 Å². The smallest absolute Gasteiger partial charge is 0.324 e. The Morgan fingerprint density at radius 1 is 1.02 bits per heavy atom. The molecule has 40 heavy (non-hydrogen) atoms. The molecule has 0 aliphatic carbocycles. The Morgan fingerprint density at radius 2 is 1.75 bits per heavy atom. The summed E-state index contributed by atoms with van der Waals surface area (Å²) in [5.41, 5.74) is 5.03. The third-order valence-electron chi connectivity index (χ3n) is 7.25. The number of para-hydroxylation sites is 1. The minimum absolute atomic E-state index is 0.0505. The van der Waals surface area contributed by atoms with Crippen LogP contribution < -0.4 is 10.6 Å². The summed E-state index contributed by atoms with van der Waals surface area (Å²) in [5.74, 6) is 0.975. The molecule has 1 aliphatic heterocycles. The van der Waals surface area contributed by atoms with Crippen LogP contribution in [-0.2, 0) is 11.8 Å². The number of aryl methyl sites for hydroxylation is 1. The van der Waals surface area contributed by atoms with E-state index in [1.807, 2.05) is 60.4 Å². The van der Waals surface area contributed by atoms with Gasteiger partial charge in [0.25, 0.3) is 5.91 Å². The van der Waals surface area contributed by atoms with E-state index in [0.717, 1.165) is 47.5 Å². The lowest BCUT2D eigenvalue weighted by Crippen LogP contribution is -2.39. The molecule has 0 atom stereocenters. The molecule has 5 rings (SSSR count). The highest BCUT2D eigenvalue weighted by Gasteiger charge is 2.26. The molecule has 0 unspecified atom stereocenters. The Bertz CT molecular complexity index is 1460. The lowest BCUT2D eigenvalue weighted by Gasteiger charge is -2.32.